The number of anilines is 1. The maximum absolute atomic E-state index is 11.9. The molecule has 1 aliphatic rings. The zero-order valence-electron chi connectivity index (χ0n) is 11.0. The van der Waals surface area contributed by atoms with Crippen molar-refractivity contribution in [1.29, 1.82) is 0 Å². The molecule has 5 heteroatoms. The predicted octanol–water partition coefficient (Wildman–Crippen LogP) is 2.69. The van der Waals surface area contributed by atoms with Gasteiger partial charge in [0.1, 0.15) is 4.99 Å². The molecule has 19 heavy (non-hydrogen) atoms. The van der Waals surface area contributed by atoms with Crippen molar-refractivity contribution in [2.45, 2.75) is 38.6 Å². The Bertz CT molecular complexity index is 495. The van der Waals surface area contributed by atoms with Crippen molar-refractivity contribution in [1.82, 2.24) is 5.32 Å². The van der Waals surface area contributed by atoms with E-state index in [4.69, 9.17) is 18.0 Å². The molecule has 2 amide bonds. The van der Waals surface area contributed by atoms with Gasteiger partial charge in [0.15, 0.2) is 0 Å². The molecule has 0 bridgehead atoms. The Morgan fingerprint density at radius 1 is 1.37 bits per heavy atom. The first kappa shape index (κ1) is 13.8. The third-order valence-corrected chi connectivity index (χ3v) is 3.66. The minimum atomic E-state index is -0.185. The number of aryl methyl sites for hydroxylation is 1. The molecule has 102 valence electrons. The molecule has 0 spiro atoms. The van der Waals surface area contributed by atoms with Gasteiger partial charge in [0.05, 0.1) is 5.69 Å². The Morgan fingerprint density at radius 3 is 2.68 bits per heavy atom. The summed E-state index contributed by atoms with van der Waals surface area (Å²) in [5, 5.41) is 5.82. The molecule has 4 N–H and O–H groups in total. The molecule has 4 nitrogen and oxygen atoms in total. The van der Waals surface area contributed by atoms with Gasteiger partial charge in [-0.2, -0.15) is 0 Å². The van der Waals surface area contributed by atoms with Crippen molar-refractivity contribution >= 4 is 28.9 Å². The fourth-order valence-corrected chi connectivity index (χ4v) is 2.78. The number of rotatable bonds is 3. The monoisotopic (exact) mass is 277 g/mol. The van der Waals surface area contributed by atoms with E-state index in [9.17, 15) is 4.79 Å². The highest BCUT2D eigenvalue weighted by Gasteiger charge is 2.18. The Kier molecular flexibility index (Phi) is 4.37. The van der Waals surface area contributed by atoms with Crippen molar-refractivity contribution < 1.29 is 4.79 Å². The number of nitrogens with two attached hydrogens (primary N) is 1. The lowest BCUT2D eigenvalue weighted by molar-refractivity contribution is 0.248. The number of carbonyl (C=O) groups excluding carboxylic acids is 1. The van der Waals surface area contributed by atoms with E-state index >= 15 is 0 Å². The molecule has 1 fully saturated rings. The molecule has 0 atom stereocenters. The number of hydrogen-bond donors (Lipinski definition) is 3. The summed E-state index contributed by atoms with van der Waals surface area (Å²) in [5.74, 6) is 0. The molecule has 1 aromatic rings. The van der Waals surface area contributed by atoms with Crippen LogP contribution in [0.25, 0.3) is 0 Å². The van der Waals surface area contributed by atoms with Crippen LogP contribution in [-0.2, 0) is 0 Å². The highest BCUT2D eigenvalue weighted by Crippen LogP contribution is 2.20. The van der Waals surface area contributed by atoms with Gasteiger partial charge in [0.2, 0.25) is 0 Å². The molecule has 0 heterocycles. The van der Waals surface area contributed by atoms with E-state index < -0.39 is 0 Å². The Hall–Kier alpha value is -1.62. The first-order valence-electron chi connectivity index (χ1n) is 6.55. The minimum absolute atomic E-state index is 0.185. The van der Waals surface area contributed by atoms with Crippen LogP contribution in [-0.4, -0.2) is 17.1 Å². The second-order valence-corrected chi connectivity index (χ2v) is 5.38. The van der Waals surface area contributed by atoms with Crippen molar-refractivity contribution in [3.63, 3.8) is 0 Å². The number of thiocarbonyl (C=S) groups is 1. The van der Waals surface area contributed by atoms with Crippen LogP contribution in [0.2, 0.25) is 0 Å². The van der Waals surface area contributed by atoms with Gasteiger partial charge >= 0.3 is 6.03 Å². The lowest BCUT2D eigenvalue weighted by Gasteiger charge is -2.16. The minimum Gasteiger partial charge on any atom is -0.389 e. The Balaban J connectivity index is 2.07. The Labute approximate surface area is 118 Å². The number of amides is 2. The number of nitrogens with one attached hydrogen (secondary N) is 2. The second kappa shape index (κ2) is 6.02. The number of urea groups is 1. The van der Waals surface area contributed by atoms with Crippen LogP contribution in [0.5, 0.6) is 0 Å². The van der Waals surface area contributed by atoms with Crippen LogP contribution in [0.15, 0.2) is 18.2 Å². The zero-order valence-corrected chi connectivity index (χ0v) is 11.8. The van der Waals surface area contributed by atoms with Crippen molar-refractivity contribution in [3.8, 4) is 0 Å². The fraction of sp³-hybridized carbons (Fsp3) is 0.429. The average molecular weight is 277 g/mol. The largest absolute Gasteiger partial charge is 0.389 e. The molecule has 0 radical (unpaired) electrons. The summed E-state index contributed by atoms with van der Waals surface area (Å²) in [6, 6.07) is 5.72. The van der Waals surface area contributed by atoms with Crippen LogP contribution < -0.4 is 16.4 Å². The highest BCUT2D eigenvalue weighted by atomic mass is 32.1. The fourth-order valence-electron chi connectivity index (χ4n) is 2.51. The maximum atomic E-state index is 11.9. The van der Waals surface area contributed by atoms with Gasteiger partial charge in [0, 0.05) is 11.6 Å². The lowest BCUT2D eigenvalue weighted by Crippen LogP contribution is -2.36. The third kappa shape index (κ3) is 3.44. The SMILES string of the molecule is Cc1cccc(NC(=O)NC2CCCC2)c1C(N)=S. The van der Waals surface area contributed by atoms with E-state index in [1.807, 2.05) is 25.1 Å². The summed E-state index contributed by atoms with van der Waals surface area (Å²) in [7, 11) is 0. The molecule has 1 aliphatic carbocycles. The molecule has 0 aromatic heterocycles. The number of benzene rings is 1. The van der Waals surface area contributed by atoms with E-state index in [2.05, 4.69) is 10.6 Å². The van der Waals surface area contributed by atoms with Gasteiger partial charge < -0.3 is 16.4 Å². The lowest BCUT2D eigenvalue weighted by atomic mass is 10.1. The van der Waals surface area contributed by atoms with Crippen LogP contribution >= 0.6 is 12.2 Å². The van der Waals surface area contributed by atoms with E-state index in [1.54, 1.807) is 0 Å². The summed E-state index contributed by atoms with van der Waals surface area (Å²) in [6.45, 7) is 1.93. The summed E-state index contributed by atoms with van der Waals surface area (Å²) in [5.41, 5.74) is 8.08. The van der Waals surface area contributed by atoms with Gasteiger partial charge in [0.25, 0.3) is 0 Å². The maximum Gasteiger partial charge on any atom is 0.319 e. The summed E-state index contributed by atoms with van der Waals surface area (Å²) >= 11 is 5.04. The van der Waals surface area contributed by atoms with E-state index in [-0.39, 0.29) is 12.1 Å². The molecular weight excluding hydrogens is 258 g/mol. The van der Waals surface area contributed by atoms with Crippen LogP contribution in [0.1, 0.15) is 36.8 Å². The normalized spacial score (nSPS) is 15.2. The molecule has 0 saturated heterocycles. The van der Waals surface area contributed by atoms with E-state index in [0.29, 0.717) is 10.7 Å². The van der Waals surface area contributed by atoms with Crippen molar-refractivity contribution in [2.75, 3.05) is 5.32 Å². The second-order valence-electron chi connectivity index (χ2n) is 4.94. The summed E-state index contributed by atoms with van der Waals surface area (Å²) in [4.78, 5) is 12.2. The molecule has 0 aliphatic heterocycles. The zero-order chi connectivity index (χ0) is 13.8. The first-order chi connectivity index (χ1) is 9.08. The smallest absolute Gasteiger partial charge is 0.319 e. The molecular formula is C14H19N3OS. The standard InChI is InChI=1S/C14H19N3OS/c1-9-5-4-8-11(12(9)13(15)19)17-14(18)16-10-6-2-3-7-10/h4-5,8,10H,2-3,6-7H2,1H3,(H2,15,19)(H2,16,17,18). The highest BCUT2D eigenvalue weighted by molar-refractivity contribution is 7.80. The quantitative estimate of drug-likeness (QED) is 0.744. The molecule has 1 saturated carbocycles. The summed E-state index contributed by atoms with van der Waals surface area (Å²) < 4.78 is 0. The van der Waals surface area contributed by atoms with Crippen LogP contribution in [0.3, 0.4) is 0 Å². The van der Waals surface area contributed by atoms with E-state index in [0.717, 1.165) is 24.0 Å². The predicted molar refractivity (Wildman–Crippen MR) is 81.5 cm³/mol. The molecule has 2 rings (SSSR count). The molecule has 0 unspecified atom stereocenters. The van der Waals surface area contributed by atoms with E-state index in [1.165, 1.54) is 12.8 Å². The van der Waals surface area contributed by atoms with Crippen molar-refractivity contribution in [2.24, 2.45) is 5.73 Å². The average Bonchev–Trinajstić information content (AvgIpc) is 2.81. The van der Waals surface area contributed by atoms with Gasteiger partial charge in [-0.3, -0.25) is 0 Å². The number of hydrogen-bond acceptors (Lipinski definition) is 2. The summed E-state index contributed by atoms with van der Waals surface area (Å²) in [6.07, 6.45) is 4.49. The van der Waals surface area contributed by atoms with Gasteiger partial charge in [-0.1, -0.05) is 37.2 Å². The number of carbonyl (C=O) groups is 1. The van der Waals surface area contributed by atoms with Gasteiger partial charge in [-0.25, -0.2) is 4.79 Å². The van der Waals surface area contributed by atoms with Gasteiger partial charge in [-0.15, -0.1) is 0 Å². The van der Waals surface area contributed by atoms with Crippen LogP contribution in [0, 0.1) is 6.92 Å². The Morgan fingerprint density at radius 2 is 2.05 bits per heavy atom. The first-order valence-corrected chi connectivity index (χ1v) is 6.95. The van der Waals surface area contributed by atoms with Crippen LogP contribution in [0.4, 0.5) is 10.5 Å². The third-order valence-electron chi connectivity index (χ3n) is 3.46. The van der Waals surface area contributed by atoms with Crippen molar-refractivity contribution in [3.05, 3.63) is 29.3 Å². The topological polar surface area (TPSA) is 67.2 Å². The molecule has 1 aromatic carbocycles. The van der Waals surface area contributed by atoms with Gasteiger partial charge in [-0.05, 0) is 31.4 Å².